The van der Waals surface area contributed by atoms with E-state index in [4.69, 9.17) is 14.6 Å². The summed E-state index contributed by atoms with van der Waals surface area (Å²) in [6, 6.07) is 15.8. The Morgan fingerprint density at radius 3 is 2.53 bits per heavy atom. The second kappa shape index (κ2) is 10.7. The SMILES string of the molecule is O=C(Nc1nccc2ccccc12)c1[nH]c(C[NH+]2CCOCC2)c2cccc[n+]12.O=C([O-])C(F)(F)F. The number of ether oxygens (including phenoxy) is 1. The number of aromatic amines is 1. The lowest BCUT2D eigenvalue weighted by Crippen LogP contribution is -3.12. The van der Waals surface area contributed by atoms with Gasteiger partial charge in [-0.15, -0.1) is 0 Å². The number of imidazole rings is 1. The molecule has 0 saturated carbocycles. The molecule has 9 nitrogen and oxygen atoms in total. The number of aliphatic carboxylic acids is 1. The van der Waals surface area contributed by atoms with Crippen molar-refractivity contribution in [2.24, 2.45) is 0 Å². The smallest absolute Gasteiger partial charge is 0.430 e. The first-order valence-electron chi connectivity index (χ1n) is 11.1. The van der Waals surface area contributed by atoms with Gasteiger partial charge in [-0.05, 0) is 23.6 Å². The number of nitrogens with one attached hydrogen (secondary N) is 3. The Morgan fingerprint density at radius 2 is 1.81 bits per heavy atom. The third-order valence-electron chi connectivity index (χ3n) is 5.66. The number of amides is 1. The number of carbonyl (C=O) groups is 2. The van der Waals surface area contributed by atoms with Gasteiger partial charge >= 0.3 is 17.9 Å². The number of rotatable bonds is 4. The summed E-state index contributed by atoms with van der Waals surface area (Å²) in [5.41, 5.74) is 2.07. The van der Waals surface area contributed by atoms with E-state index in [0.29, 0.717) is 11.6 Å². The first-order chi connectivity index (χ1) is 17.2. The van der Waals surface area contributed by atoms with Crippen LogP contribution in [0.5, 0.6) is 0 Å². The fourth-order valence-electron chi connectivity index (χ4n) is 3.92. The molecule has 1 amide bonds. The number of hydrogen-bond donors (Lipinski definition) is 3. The molecule has 1 aromatic carbocycles. The van der Waals surface area contributed by atoms with Crippen molar-refractivity contribution in [1.82, 2.24) is 9.97 Å². The Balaban J connectivity index is 0.000000384. The van der Waals surface area contributed by atoms with E-state index in [-0.39, 0.29) is 5.91 Å². The van der Waals surface area contributed by atoms with E-state index < -0.39 is 12.1 Å². The molecular weight excluding hydrogens is 479 g/mol. The van der Waals surface area contributed by atoms with Crippen molar-refractivity contribution in [1.29, 1.82) is 0 Å². The van der Waals surface area contributed by atoms with Crippen LogP contribution in [0.3, 0.4) is 0 Å². The highest BCUT2D eigenvalue weighted by molar-refractivity contribution is 6.05. The summed E-state index contributed by atoms with van der Waals surface area (Å²) in [5.74, 6) is -2.16. The molecule has 0 spiro atoms. The first kappa shape index (κ1) is 25.1. The molecule has 3 N–H and O–H groups in total. The molecule has 4 heterocycles. The second-order valence-corrected chi connectivity index (χ2v) is 8.07. The Hall–Kier alpha value is -4.03. The van der Waals surface area contributed by atoms with Crippen LogP contribution in [-0.2, 0) is 16.1 Å². The molecule has 0 bridgehead atoms. The molecule has 5 rings (SSSR count). The molecule has 0 aliphatic carbocycles. The number of carboxylic acid groups (broad SMARTS) is 1. The summed E-state index contributed by atoms with van der Waals surface area (Å²) in [7, 11) is 0. The van der Waals surface area contributed by atoms with Crippen molar-refractivity contribution >= 4 is 34.0 Å². The number of hydrogen-bond acceptors (Lipinski definition) is 5. The molecule has 1 aliphatic rings. The topological polar surface area (TPSA) is 116 Å². The molecule has 0 unspecified atom stereocenters. The summed E-state index contributed by atoms with van der Waals surface area (Å²) in [6.45, 7) is 4.33. The van der Waals surface area contributed by atoms with Crippen molar-refractivity contribution in [3.63, 3.8) is 0 Å². The van der Waals surface area contributed by atoms with Gasteiger partial charge in [0, 0.05) is 11.6 Å². The van der Waals surface area contributed by atoms with E-state index in [0.717, 1.165) is 54.8 Å². The molecule has 188 valence electrons. The van der Waals surface area contributed by atoms with Crippen LogP contribution < -0.4 is 19.7 Å². The minimum atomic E-state index is -5.19. The summed E-state index contributed by atoms with van der Waals surface area (Å²) in [5, 5.41) is 13.7. The van der Waals surface area contributed by atoms with E-state index >= 15 is 0 Å². The molecule has 1 saturated heterocycles. The number of alkyl halides is 3. The van der Waals surface area contributed by atoms with Gasteiger partial charge < -0.3 is 19.5 Å². The average molecular weight is 502 g/mol. The molecule has 0 atom stereocenters. The highest BCUT2D eigenvalue weighted by atomic mass is 19.4. The van der Waals surface area contributed by atoms with Crippen molar-refractivity contribution in [2.75, 3.05) is 31.6 Å². The van der Waals surface area contributed by atoms with Crippen LogP contribution in [0.2, 0.25) is 0 Å². The zero-order valence-corrected chi connectivity index (χ0v) is 19.0. The van der Waals surface area contributed by atoms with Crippen LogP contribution in [-0.4, -0.2) is 54.3 Å². The molecule has 36 heavy (non-hydrogen) atoms. The lowest BCUT2D eigenvalue weighted by atomic mass is 10.1. The predicted molar refractivity (Wildman–Crippen MR) is 120 cm³/mol. The predicted octanol–water partition coefficient (Wildman–Crippen LogP) is 0.268. The van der Waals surface area contributed by atoms with Crippen LogP contribution in [0.4, 0.5) is 19.0 Å². The number of nitrogens with zero attached hydrogens (tertiary/aromatic N) is 2. The third-order valence-corrected chi connectivity index (χ3v) is 5.66. The van der Waals surface area contributed by atoms with Crippen LogP contribution in [0, 0.1) is 0 Å². The summed E-state index contributed by atoms with van der Waals surface area (Å²) < 4.78 is 38.9. The number of benzene rings is 1. The van der Waals surface area contributed by atoms with Gasteiger partial charge in [0.2, 0.25) is 5.69 Å². The quantitative estimate of drug-likeness (QED) is 0.347. The maximum absolute atomic E-state index is 13.1. The minimum Gasteiger partial charge on any atom is -0.542 e. The number of aromatic nitrogens is 3. The van der Waals surface area contributed by atoms with Crippen molar-refractivity contribution in [3.8, 4) is 0 Å². The van der Waals surface area contributed by atoms with Gasteiger partial charge in [0.05, 0.1) is 19.4 Å². The van der Waals surface area contributed by atoms with Gasteiger partial charge in [0.15, 0.2) is 5.52 Å². The number of carboxylic acids is 1. The Labute approximate surface area is 203 Å². The van der Waals surface area contributed by atoms with Crippen LogP contribution in [0.25, 0.3) is 16.3 Å². The molecular formula is C24H23F3N5O4+. The third kappa shape index (κ3) is 5.78. The largest absolute Gasteiger partial charge is 0.542 e. The molecule has 3 aromatic heterocycles. The first-order valence-corrected chi connectivity index (χ1v) is 11.1. The molecule has 1 aliphatic heterocycles. The van der Waals surface area contributed by atoms with E-state index in [1.54, 1.807) is 6.20 Å². The van der Waals surface area contributed by atoms with Gasteiger partial charge in [-0.2, -0.15) is 17.6 Å². The summed E-state index contributed by atoms with van der Waals surface area (Å²) >= 11 is 0. The maximum atomic E-state index is 13.1. The van der Waals surface area contributed by atoms with E-state index in [9.17, 15) is 18.0 Å². The lowest BCUT2D eigenvalue weighted by molar-refractivity contribution is -0.921. The van der Waals surface area contributed by atoms with Crippen LogP contribution >= 0.6 is 0 Å². The number of morpholine rings is 1. The normalized spacial score (nSPS) is 14.3. The van der Waals surface area contributed by atoms with Crippen molar-refractivity contribution in [3.05, 3.63) is 72.4 Å². The number of halogens is 3. The highest BCUT2D eigenvalue weighted by Crippen LogP contribution is 2.20. The van der Waals surface area contributed by atoms with Crippen LogP contribution in [0.1, 0.15) is 16.3 Å². The zero-order chi connectivity index (χ0) is 25.7. The number of anilines is 1. The van der Waals surface area contributed by atoms with Crippen molar-refractivity contribution in [2.45, 2.75) is 12.7 Å². The fourth-order valence-corrected chi connectivity index (χ4v) is 3.92. The second-order valence-electron chi connectivity index (χ2n) is 8.07. The summed E-state index contributed by atoms with van der Waals surface area (Å²) in [6.07, 6.45) is -1.57. The number of H-pyrrole nitrogens is 1. The Bertz CT molecular complexity index is 1380. The minimum absolute atomic E-state index is 0.210. The molecule has 0 radical (unpaired) electrons. The maximum Gasteiger partial charge on any atom is 0.430 e. The van der Waals surface area contributed by atoms with Gasteiger partial charge in [0.1, 0.15) is 31.4 Å². The van der Waals surface area contributed by atoms with E-state index in [1.165, 1.54) is 4.90 Å². The number of fused-ring (bicyclic) bond motifs is 2. The van der Waals surface area contributed by atoms with Gasteiger partial charge in [0.25, 0.3) is 0 Å². The molecule has 1 fully saturated rings. The Morgan fingerprint density at radius 1 is 1.11 bits per heavy atom. The average Bonchev–Trinajstić information content (AvgIpc) is 3.23. The van der Waals surface area contributed by atoms with Crippen molar-refractivity contribution < 1.29 is 41.9 Å². The van der Waals surface area contributed by atoms with Gasteiger partial charge in [-0.1, -0.05) is 30.3 Å². The lowest BCUT2D eigenvalue weighted by Gasteiger charge is -2.22. The number of pyridine rings is 2. The standard InChI is InChI=1S/C22H21N5O2.C2HF3O2/c28-22(25-20-17-6-2-1-5-16(17)8-9-23-20)21-24-18(15-26-11-13-29-14-12-26)19-7-3-4-10-27(19)21;3-2(4,5)1(6)7/h1-10H,11-15H2,(H,23,25,28);(H,6,7)/p+1. The number of carbonyl (C=O) groups excluding carboxylic acids is 2. The highest BCUT2D eigenvalue weighted by Gasteiger charge is 2.29. The molecule has 4 aromatic rings. The Kier molecular flexibility index (Phi) is 7.46. The fraction of sp³-hybridized carbons (Fsp3) is 0.250. The number of quaternary nitrogens is 1. The van der Waals surface area contributed by atoms with Gasteiger partial charge in [-0.25, -0.2) is 9.97 Å². The van der Waals surface area contributed by atoms with Crippen LogP contribution in [0.15, 0.2) is 60.9 Å². The summed E-state index contributed by atoms with van der Waals surface area (Å²) in [4.78, 5) is 31.1. The monoisotopic (exact) mass is 502 g/mol. The van der Waals surface area contributed by atoms with E-state index in [2.05, 4.69) is 15.3 Å². The van der Waals surface area contributed by atoms with E-state index in [1.807, 2.05) is 59.1 Å². The van der Waals surface area contributed by atoms with Gasteiger partial charge in [-0.3, -0.25) is 10.1 Å². The zero-order valence-electron chi connectivity index (χ0n) is 19.0. The molecule has 12 heteroatoms.